The zero-order valence-electron chi connectivity index (χ0n) is 15.8. The fraction of sp³-hybridized carbons (Fsp3) is 0.190. The number of amides is 2. The second-order valence-corrected chi connectivity index (χ2v) is 6.41. The predicted molar refractivity (Wildman–Crippen MR) is 106 cm³/mol. The SMILES string of the molecule is CNC(=O)c1cccc(NC(=O)c2cnn(-c3cccc(C)c3)c2C)c1C. The Bertz CT molecular complexity index is 1020. The molecule has 2 N–H and O–H groups in total. The van der Waals surface area contributed by atoms with Gasteiger partial charge in [0.15, 0.2) is 0 Å². The standard InChI is InChI=1S/C21H22N4O2/c1-13-7-5-8-16(11-13)25-15(3)18(12-23-25)21(27)24-19-10-6-9-17(14(19)2)20(26)22-4/h5-12H,1-4H3,(H,22,26)(H,24,27). The maximum Gasteiger partial charge on any atom is 0.259 e. The minimum atomic E-state index is -0.261. The lowest BCUT2D eigenvalue weighted by Gasteiger charge is -2.12. The number of aromatic nitrogens is 2. The van der Waals surface area contributed by atoms with E-state index in [2.05, 4.69) is 15.7 Å². The first-order valence-corrected chi connectivity index (χ1v) is 8.67. The molecule has 1 heterocycles. The molecule has 0 radical (unpaired) electrons. The zero-order valence-corrected chi connectivity index (χ0v) is 15.8. The van der Waals surface area contributed by atoms with Crippen LogP contribution in [0.1, 0.15) is 37.5 Å². The van der Waals surface area contributed by atoms with Gasteiger partial charge in [-0.1, -0.05) is 18.2 Å². The molecule has 0 fully saturated rings. The Kier molecular flexibility index (Phi) is 5.07. The van der Waals surface area contributed by atoms with E-state index in [4.69, 9.17) is 0 Å². The number of hydrogen-bond acceptors (Lipinski definition) is 3. The second kappa shape index (κ2) is 7.45. The molecule has 0 saturated heterocycles. The average molecular weight is 362 g/mol. The van der Waals surface area contributed by atoms with Gasteiger partial charge in [-0.25, -0.2) is 4.68 Å². The molecule has 27 heavy (non-hydrogen) atoms. The van der Waals surface area contributed by atoms with Gasteiger partial charge < -0.3 is 10.6 Å². The van der Waals surface area contributed by atoms with E-state index in [1.807, 2.05) is 45.0 Å². The van der Waals surface area contributed by atoms with Crippen LogP contribution < -0.4 is 10.6 Å². The Morgan fingerprint density at radius 1 is 0.963 bits per heavy atom. The zero-order chi connectivity index (χ0) is 19.6. The Hall–Kier alpha value is -3.41. The number of aryl methyl sites for hydroxylation is 1. The molecule has 0 atom stereocenters. The quantitative estimate of drug-likeness (QED) is 0.747. The average Bonchev–Trinajstić information content (AvgIpc) is 3.04. The normalized spacial score (nSPS) is 10.5. The molecule has 0 aliphatic carbocycles. The van der Waals surface area contributed by atoms with E-state index >= 15 is 0 Å². The van der Waals surface area contributed by atoms with Gasteiger partial charge in [-0.2, -0.15) is 5.10 Å². The van der Waals surface area contributed by atoms with Crippen molar-refractivity contribution in [2.45, 2.75) is 20.8 Å². The Balaban J connectivity index is 1.89. The van der Waals surface area contributed by atoms with Crippen molar-refractivity contribution in [3.8, 4) is 5.69 Å². The number of hydrogen-bond donors (Lipinski definition) is 2. The first kappa shape index (κ1) is 18.4. The van der Waals surface area contributed by atoms with Crippen LogP contribution in [0, 0.1) is 20.8 Å². The molecule has 2 aromatic carbocycles. The molecular formula is C21H22N4O2. The fourth-order valence-corrected chi connectivity index (χ4v) is 2.99. The molecule has 6 heteroatoms. The summed E-state index contributed by atoms with van der Waals surface area (Å²) >= 11 is 0. The van der Waals surface area contributed by atoms with Crippen molar-refractivity contribution in [1.82, 2.24) is 15.1 Å². The molecule has 0 spiro atoms. The van der Waals surface area contributed by atoms with Crippen LogP contribution in [0.2, 0.25) is 0 Å². The van der Waals surface area contributed by atoms with E-state index in [-0.39, 0.29) is 11.8 Å². The molecule has 6 nitrogen and oxygen atoms in total. The van der Waals surface area contributed by atoms with Crippen molar-refractivity contribution in [2.75, 3.05) is 12.4 Å². The van der Waals surface area contributed by atoms with Crippen molar-refractivity contribution in [3.63, 3.8) is 0 Å². The monoisotopic (exact) mass is 362 g/mol. The van der Waals surface area contributed by atoms with E-state index < -0.39 is 0 Å². The van der Waals surface area contributed by atoms with E-state index in [0.717, 1.165) is 16.9 Å². The number of nitrogens with one attached hydrogen (secondary N) is 2. The number of carbonyl (C=O) groups is 2. The summed E-state index contributed by atoms with van der Waals surface area (Å²) in [4.78, 5) is 24.7. The maximum atomic E-state index is 12.8. The van der Waals surface area contributed by atoms with Gasteiger partial charge in [0.1, 0.15) is 0 Å². The highest BCUT2D eigenvalue weighted by atomic mass is 16.2. The van der Waals surface area contributed by atoms with Crippen LogP contribution in [0.4, 0.5) is 5.69 Å². The number of anilines is 1. The molecule has 1 aromatic heterocycles. The van der Waals surface area contributed by atoms with Gasteiger partial charge in [-0.3, -0.25) is 9.59 Å². The topological polar surface area (TPSA) is 76.0 Å². The van der Waals surface area contributed by atoms with Crippen molar-refractivity contribution < 1.29 is 9.59 Å². The first-order valence-electron chi connectivity index (χ1n) is 8.67. The predicted octanol–water partition coefficient (Wildman–Crippen LogP) is 3.41. The second-order valence-electron chi connectivity index (χ2n) is 6.41. The third-order valence-corrected chi connectivity index (χ3v) is 4.55. The molecule has 2 amide bonds. The van der Waals surface area contributed by atoms with E-state index in [0.29, 0.717) is 22.4 Å². The van der Waals surface area contributed by atoms with Crippen LogP contribution in [0.5, 0.6) is 0 Å². The summed E-state index contributed by atoms with van der Waals surface area (Å²) in [6, 6.07) is 13.2. The smallest absolute Gasteiger partial charge is 0.259 e. The summed E-state index contributed by atoms with van der Waals surface area (Å²) in [6.45, 7) is 5.68. The Morgan fingerprint density at radius 3 is 2.41 bits per heavy atom. The number of carbonyl (C=O) groups excluding carboxylic acids is 2. The lowest BCUT2D eigenvalue weighted by molar-refractivity contribution is 0.0960. The van der Waals surface area contributed by atoms with Crippen LogP contribution >= 0.6 is 0 Å². The molecule has 0 bridgehead atoms. The summed E-state index contributed by atoms with van der Waals surface area (Å²) in [5.74, 6) is -0.449. The van der Waals surface area contributed by atoms with Crippen LogP contribution in [0.15, 0.2) is 48.7 Å². The molecule has 0 aliphatic heterocycles. The number of benzene rings is 2. The van der Waals surface area contributed by atoms with Crippen LogP contribution in [-0.4, -0.2) is 28.6 Å². The molecule has 3 rings (SSSR count). The summed E-state index contributed by atoms with van der Waals surface area (Å²) in [5, 5.41) is 9.86. The third kappa shape index (κ3) is 3.60. The van der Waals surface area contributed by atoms with Crippen LogP contribution in [0.25, 0.3) is 5.69 Å². The summed E-state index contributed by atoms with van der Waals surface area (Å²) in [6.07, 6.45) is 1.56. The number of nitrogens with zero attached hydrogens (tertiary/aromatic N) is 2. The van der Waals surface area contributed by atoms with Gasteiger partial charge >= 0.3 is 0 Å². The molecular weight excluding hydrogens is 340 g/mol. The van der Waals surface area contributed by atoms with Gasteiger partial charge in [0.05, 0.1) is 23.1 Å². The molecule has 0 unspecified atom stereocenters. The molecule has 0 saturated carbocycles. The van der Waals surface area contributed by atoms with Crippen molar-refractivity contribution >= 4 is 17.5 Å². The van der Waals surface area contributed by atoms with Gasteiger partial charge in [-0.05, 0) is 56.2 Å². The minimum absolute atomic E-state index is 0.188. The molecule has 3 aromatic rings. The van der Waals surface area contributed by atoms with Crippen LogP contribution in [0.3, 0.4) is 0 Å². The van der Waals surface area contributed by atoms with Gasteiger partial charge in [0, 0.05) is 18.3 Å². The van der Waals surface area contributed by atoms with Crippen LogP contribution in [-0.2, 0) is 0 Å². The molecule has 0 aliphatic rings. The molecule has 138 valence electrons. The Labute approximate surface area is 158 Å². The highest BCUT2D eigenvalue weighted by Gasteiger charge is 2.17. The van der Waals surface area contributed by atoms with Crippen molar-refractivity contribution in [2.24, 2.45) is 0 Å². The van der Waals surface area contributed by atoms with Gasteiger partial charge in [-0.15, -0.1) is 0 Å². The van der Waals surface area contributed by atoms with Gasteiger partial charge in [0.2, 0.25) is 0 Å². The summed E-state index contributed by atoms with van der Waals surface area (Å²) in [7, 11) is 1.58. The lowest BCUT2D eigenvalue weighted by atomic mass is 10.1. The largest absolute Gasteiger partial charge is 0.355 e. The van der Waals surface area contributed by atoms with E-state index in [9.17, 15) is 9.59 Å². The Morgan fingerprint density at radius 2 is 1.70 bits per heavy atom. The fourth-order valence-electron chi connectivity index (χ4n) is 2.99. The maximum absolute atomic E-state index is 12.8. The highest BCUT2D eigenvalue weighted by molar-refractivity contribution is 6.06. The summed E-state index contributed by atoms with van der Waals surface area (Å²) in [5.41, 5.74) is 5.11. The van der Waals surface area contributed by atoms with E-state index in [1.165, 1.54) is 0 Å². The van der Waals surface area contributed by atoms with Crippen molar-refractivity contribution in [3.05, 3.63) is 76.6 Å². The highest BCUT2D eigenvalue weighted by Crippen LogP contribution is 2.21. The summed E-state index contributed by atoms with van der Waals surface area (Å²) < 4.78 is 1.75. The number of rotatable bonds is 4. The minimum Gasteiger partial charge on any atom is -0.355 e. The van der Waals surface area contributed by atoms with Crippen molar-refractivity contribution in [1.29, 1.82) is 0 Å². The lowest BCUT2D eigenvalue weighted by Crippen LogP contribution is -2.20. The first-order chi connectivity index (χ1) is 12.9. The third-order valence-electron chi connectivity index (χ3n) is 4.55. The van der Waals surface area contributed by atoms with E-state index in [1.54, 1.807) is 36.1 Å². The van der Waals surface area contributed by atoms with Gasteiger partial charge in [0.25, 0.3) is 11.8 Å².